The first-order valence-corrected chi connectivity index (χ1v) is 8.37. The molecule has 7 nitrogen and oxygen atoms in total. The van der Waals surface area contributed by atoms with E-state index >= 15 is 0 Å². The first kappa shape index (κ1) is 18.1. The van der Waals surface area contributed by atoms with E-state index < -0.39 is 10.8 Å². The molecule has 3 rings (SSSR count). The summed E-state index contributed by atoms with van der Waals surface area (Å²) in [6, 6.07) is 15.2. The van der Waals surface area contributed by atoms with Crippen LogP contribution in [0, 0.1) is 21.4 Å². The SMILES string of the molecule is CC1(C)Cc2ccccc2C(=C(C#N)C(=O)Nc2cccc([N+](=O)[O-])c2)N1. The van der Waals surface area contributed by atoms with Gasteiger partial charge in [-0.25, -0.2) is 0 Å². The molecule has 1 heterocycles. The Morgan fingerprint density at radius 3 is 2.70 bits per heavy atom. The Morgan fingerprint density at radius 2 is 2.00 bits per heavy atom. The van der Waals surface area contributed by atoms with E-state index in [0.717, 1.165) is 17.5 Å². The number of benzene rings is 2. The molecule has 0 saturated carbocycles. The number of non-ortho nitro benzene ring substituents is 1. The van der Waals surface area contributed by atoms with Crippen molar-refractivity contribution in [2.24, 2.45) is 0 Å². The number of carbonyl (C=O) groups is 1. The molecular formula is C20H18N4O3. The van der Waals surface area contributed by atoms with Gasteiger partial charge in [0, 0.05) is 28.9 Å². The van der Waals surface area contributed by atoms with Gasteiger partial charge in [-0.1, -0.05) is 30.3 Å². The van der Waals surface area contributed by atoms with Gasteiger partial charge < -0.3 is 10.6 Å². The lowest BCUT2D eigenvalue weighted by molar-refractivity contribution is -0.384. The van der Waals surface area contributed by atoms with Crippen LogP contribution < -0.4 is 10.6 Å². The molecule has 1 amide bonds. The van der Waals surface area contributed by atoms with Gasteiger partial charge in [-0.3, -0.25) is 14.9 Å². The van der Waals surface area contributed by atoms with Crippen molar-refractivity contribution in [1.82, 2.24) is 5.32 Å². The van der Waals surface area contributed by atoms with Crippen LogP contribution in [-0.2, 0) is 11.2 Å². The van der Waals surface area contributed by atoms with Gasteiger partial charge in [-0.2, -0.15) is 5.26 Å². The molecule has 1 aliphatic rings. The van der Waals surface area contributed by atoms with Gasteiger partial charge in [0.2, 0.25) is 0 Å². The third kappa shape index (κ3) is 3.80. The smallest absolute Gasteiger partial charge is 0.271 e. The number of nitro benzene ring substituents is 1. The van der Waals surface area contributed by atoms with Crippen LogP contribution in [0.4, 0.5) is 11.4 Å². The Hall–Kier alpha value is -3.66. The fourth-order valence-electron chi connectivity index (χ4n) is 3.15. The molecule has 0 unspecified atom stereocenters. The normalized spacial score (nSPS) is 16.3. The minimum Gasteiger partial charge on any atom is -0.378 e. The van der Waals surface area contributed by atoms with Crippen LogP contribution in [0.15, 0.2) is 54.1 Å². The van der Waals surface area contributed by atoms with Crippen molar-refractivity contribution in [1.29, 1.82) is 5.26 Å². The molecule has 27 heavy (non-hydrogen) atoms. The summed E-state index contributed by atoms with van der Waals surface area (Å²) in [6.07, 6.45) is 0.762. The fraction of sp³-hybridized carbons (Fsp3) is 0.200. The minimum absolute atomic E-state index is 0.0678. The summed E-state index contributed by atoms with van der Waals surface area (Å²) in [7, 11) is 0. The van der Waals surface area contributed by atoms with E-state index in [9.17, 15) is 20.2 Å². The molecule has 0 aromatic heterocycles. The maximum absolute atomic E-state index is 12.7. The summed E-state index contributed by atoms with van der Waals surface area (Å²) >= 11 is 0. The molecule has 0 fully saturated rings. The average Bonchev–Trinajstić information content (AvgIpc) is 2.61. The number of rotatable bonds is 3. The summed E-state index contributed by atoms with van der Waals surface area (Å²) in [4.78, 5) is 23.1. The first-order chi connectivity index (χ1) is 12.8. The molecule has 0 radical (unpaired) electrons. The molecule has 2 N–H and O–H groups in total. The number of nitrogens with one attached hydrogen (secondary N) is 2. The van der Waals surface area contributed by atoms with Gasteiger partial charge in [0.25, 0.3) is 11.6 Å². The number of hydrogen-bond donors (Lipinski definition) is 2. The van der Waals surface area contributed by atoms with Gasteiger partial charge >= 0.3 is 0 Å². The summed E-state index contributed by atoms with van der Waals surface area (Å²) in [6.45, 7) is 3.99. The number of anilines is 1. The number of nitriles is 1. The molecule has 1 aliphatic heterocycles. The molecule has 0 atom stereocenters. The molecule has 0 saturated heterocycles. The largest absolute Gasteiger partial charge is 0.378 e. The highest BCUT2D eigenvalue weighted by Crippen LogP contribution is 2.31. The van der Waals surface area contributed by atoms with Crippen molar-refractivity contribution in [3.8, 4) is 6.07 Å². The number of fused-ring (bicyclic) bond motifs is 1. The second-order valence-electron chi connectivity index (χ2n) is 6.97. The summed E-state index contributed by atoms with van der Waals surface area (Å²) in [5.74, 6) is -0.618. The Morgan fingerprint density at radius 1 is 1.26 bits per heavy atom. The average molecular weight is 362 g/mol. The molecule has 0 bridgehead atoms. The monoisotopic (exact) mass is 362 g/mol. The molecular weight excluding hydrogens is 344 g/mol. The van der Waals surface area contributed by atoms with E-state index in [4.69, 9.17) is 0 Å². The van der Waals surface area contributed by atoms with E-state index in [0.29, 0.717) is 5.70 Å². The topological polar surface area (TPSA) is 108 Å². The van der Waals surface area contributed by atoms with E-state index in [2.05, 4.69) is 10.6 Å². The zero-order valence-corrected chi connectivity index (χ0v) is 14.9. The zero-order valence-electron chi connectivity index (χ0n) is 14.9. The van der Waals surface area contributed by atoms with Crippen LogP contribution in [0.25, 0.3) is 5.70 Å². The summed E-state index contributed by atoms with van der Waals surface area (Å²) in [5.41, 5.74) is 2.05. The van der Waals surface area contributed by atoms with Crippen molar-refractivity contribution < 1.29 is 9.72 Å². The Balaban J connectivity index is 2.01. The second-order valence-corrected chi connectivity index (χ2v) is 6.97. The van der Waals surface area contributed by atoms with Crippen LogP contribution in [0.5, 0.6) is 0 Å². The van der Waals surface area contributed by atoms with Gasteiger partial charge in [0.1, 0.15) is 11.6 Å². The Kier molecular flexibility index (Phi) is 4.65. The lowest BCUT2D eigenvalue weighted by atomic mass is 9.84. The zero-order chi connectivity index (χ0) is 19.6. The number of amides is 1. The van der Waals surface area contributed by atoms with Crippen LogP contribution in [-0.4, -0.2) is 16.4 Å². The number of nitrogens with zero attached hydrogens (tertiary/aromatic N) is 2. The summed E-state index contributed by atoms with van der Waals surface area (Å²) < 4.78 is 0. The highest BCUT2D eigenvalue weighted by molar-refractivity contribution is 6.12. The lowest BCUT2D eigenvalue weighted by Gasteiger charge is -2.36. The second kappa shape index (κ2) is 6.92. The fourth-order valence-corrected chi connectivity index (χ4v) is 3.15. The highest BCUT2D eigenvalue weighted by Gasteiger charge is 2.31. The highest BCUT2D eigenvalue weighted by atomic mass is 16.6. The number of nitro groups is 1. The Labute approximate surface area is 156 Å². The third-order valence-electron chi connectivity index (χ3n) is 4.29. The molecule has 136 valence electrons. The predicted octanol–water partition coefficient (Wildman–Crippen LogP) is 3.39. The third-order valence-corrected chi connectivity index (χ3v) is 4.29. The molecule has 7 heteroatoms. The van der Waals surface area contributed by atoms with E-state index in [1.807, 2.05) is 44.2 Å². The molecule has 2 aromatic rings. The van der Waals surface area contributed by atoms with Crippen LogP contribution in [0.2, 0.25) is 0 Å². The van der Waals surface area contributed by atoms with Gasteiger partial charge in [-0.05, 0) is 31.9 Å². The van der Waals surface area contributed by atoms with Crippen LogP contribution in [0.3, 0.4) is 0 Å². The minimum atomic E-state index is -0.618. The number of hydrogen-bond acceptors (Lipinski definition) is 5. The lowest BCUT2D eigenvalue weighted by Crippen LogP contribution is -2.44. The van der Waals surface area contributed by atoms with Gasteiger partial charge in [-0.15, -0.1) is 0 Å². The van der Waals surface area contributed by atoms with Gasteiger partial charge in [0.05, 0.1) is 10.6 Å². The van der Waals surface area contributed by atoms with E-state index in [1.54, 1.807) is 0 Å². The van der Waals surface area contributed by atoms with Crippen LogP contribution in [0.1, 0.15) is 25.0 Å². The number of carbonyl (C=O) groups excluding carboxylic acids is 1. The quantitative estimate of drug-likeness (QED) is 0.376. The molecule has 2 aromatic carbocycles. The maximum Gasteiger partial charge on any atom is 0.271 e. The Bertz CT molecular complexity index is 1000. The van der Waals surface area contributed by atoms with Gasteiger partial charge in [0.15, 0.2) is 0 Å². The maximum atomic E-state index is 12.7. The summed E-state index contributed by atoms with van der Waals surface area (Å²) in [5, 5.41) is 26.4. The van der Waals surface area contributed by atoms with Crippen molar-refractivity contribution >= 4 is 23.0 Å². The van der Waals surface area contributed by atoms with E-state index in [1.165, 1.54) is 24.3 Å². The van der Waals surface area contributed by atoms with Crippen molar-refractivity contribution in [3.63, 3.8) is 0 Å². The van der Waals surface area contributed by atoms with Crippen molar-refractivity contribution in [2.75, 3.05) is 5.32 Å². The molecule has 0 spiro atoms. The van der Waals surface area contributed by atoms with Crippen LogP contribution >= 0.6 is 0 Å². The van der Waals surface area contributed by atoms with Crippen molar-refractivity contribution in [2.45, 2.75) is 25.8 Å². The predicted molar refractivity (Wildman–Crippen MR) is 102 cm³/mol. The van der Waals surface area contributed by atoms with E-state index in [-0.39, 0.29) is 22.5 Å². The first-order valence-electron chi connectivity index (χ1n) is 8.37. The molecule has 0 aliphatic carbocycles. The van der Waals surface area contributed by atoms with Crippen molar-refractivity contribution in [3.05, 3.63) is 75.3 Å². The standard InChI is InChI=1S/C20H18N4O3/c1-20(2)11-13-6-3-4-9-16(13)18(23-20)17(12-21)19(25)22-14-7-5-8-15(10-14)24(26)27/h3-10,23H,11H2,1-2H3,(H,22,25).